The fourth-order valence-corrected chi connectivity index (χ4v) is 6.31. The molecule has 3 aliphatic heterocycles. The first-order valence-electron chi connectivity index (χ1n) is 12.5. The fraction of sp³-hybridized carbons (Fsp3) is 0.296. The number of hydrogen-bond acceptors (Lipinski definition) is 7. The molecule has 12 nitrogen and oxygen atoms in total. The third-order valence-electron chi connectivity index (χ3n) is 8.18. The average molecular weight is 530 g/mol. The van der Waals surface area contributed by atoms with Crippen LogP contribution >= 0.6 is 0 Å². The molecule has 12 heteroatoms. The molecule has 1 spiro atoms. The fourth-order valence-electron chi connectivity index (χ4n) is 6.31. The average Bonchev–Trinajstić information content (AvgIpc) is 3.63. The topological polar surface area (TPSA) is 159 Å². The van der Waals surface area contributed by atoms with Gasteiger partial charge < -0.3 is 24.7 Å². The number of carbonyl (C=O) groups excluding carboxylic acids is 5. The Morgan fingerprint density at radius 3 is 2.49 bits per heavy atom. The van der Waals surface area contributed by atoms with Crippen LogP contribution in [0.15, 0.2) is 40.8 Å². The standard InChI is InChI=1S/C27H23N5O7/c1-38-14-5-4-13-11-32(21(33)16(13)9-14)12-27(23(35)29-25(37)31-27)20-10-17-15-3-2-8-26(22(34)28-24(36)30-26)18(15)6-7-19(17)39-20/h4-7,9-10H,2-3,8,11-12H2,1H3,(H2,28,30,34,36)(H2,29,31,35,37). The molecule has 2 fully saturated rings. The summed E-state index contributed by atoms with van der Waals surface area (Å²) < 4.78 is 11.4. The lowest BCUT2D eigenvalue weighted by molar-refractivity contribution is -0.126. The molecule has 7 rings (SSSR count). The number of aryl methyl sites for hydroxylation is 1. The Morgan fingerprint density at radius 2 is 1.77 bits per heavy atom. The lowest BCUT2D eigenvalue weighted by Crippen LogP contribution is -2.52. The second-order valence-electron chi connectivity index (χ2n) is 10.3. The first-order chi connectivity index (χ1) is 18.7. The predicted octanol–water partition coefficient (Wildman–Crippen LogP) is 1.50. The molecule has 2 saturated heterocycles. The molecule has 4 N–H and O–H groups in total. The van der Waals surface area contributed by atoms with E-state index in [0.29, 0.717) is 47.1 Å². The zero-order valence-electron chi connectivity index (χ0n) is 20.8. The van der Waals surface area contributed by atoms with Gasteiger partial charge in [-0.25, -0.2) is 9.59 Å². The maximum absolute atomic E-state index is 13.3. The van der Waals surface area contributed by atoms with Gasteiger partial charge in [-0.15, -0.1) is 0 Å². The van der Waals surface area contributed by atoms with Gasteiger partial charge in [0.05, 0.1) is 13.7 Å². The molecule has 2 unspecified atom stereocenters. The van der Waals surface area contributed by atoms with E-state index < -0.39 is 35.0 Å². The molecule has 7 amide bonds. The van der Waals surface area contributed by atoms with E-state index in [1.54, 1.807) is 36.4 Å². The number of furan rings is 1. The Morgan fingerprint density at radius 1 is 0.974 bits per heavy atom. The third-order valence-corrected chi connectivity index (χ3v) is 8.18. The van der Waals surface area contributed by atoms with E-state index in [1.165, 1.54) is 12.0 Å². The van der Waals surface area contributed by atoms with Crippen LogP contribution in [0.25, 0.3) is 11.0 Å². The molecule has 0 saturated carbocycles. The van der Waals surface area contributed by atoms with E-state index in [1.807, 2.05) is 0 Å². The summed E-state index contributed by atoms with van der Waals surface area (Å²) in [7, 11) is 1.52. The molecule has 4 aliphatic rings. The number of carbonyl (C=O) groups is 5. The van der Waals surface area contributed by atoms with Crippen LogP contribution in [0.2, 0.25) is 0 Å². The smallest absolute Gasteiger partial charge is 0.322 e. The van der Waals surface area contributed by atoms with Crippen molar-refractivity contribution in [1.29, 1.82) is 0 Å². The maximum atomic E-state index is 13.3. The van der Waals surface area contributed by atoms with Gasteiger partial charge >= 0.3 is 12.1 Å². The lowest BCUT2D eigenvalue weighted by Gasteiger charge is -2.33. The van der Waals surface area contributed by atoms with Gasteiger partial charge in [-0.2, -0.15) is 0 Å². The molecule has 2 aromatic carbocycles. The molecule has 39 heavy (non-hydrogen) atoms. The van der Waals surface area contributed by atoms with Crippen molar-refractivity contribution < 1.29 is 33.1 Å². The minimum absolute atomic E-state index is 0.162. The van der Waals surface area contributed by atoms with E-state index in [0.717, 1.165) is 11.1 Å². The Balaban J connectivity index is 1.31. The largest absolute Gasteiger partial charge is 0.497 e. The minimum Gasteiger partial charge on any atom is -0.497 e. The van der Waals surface area contributed by atoms with Crippen LogP contribution in [0.3, 0.4) is 0 Å². The predicted molar refractivity (Wildman–Crippen MR) is 134 cm³/mol. The zero-order chi connectivity index (χ0) is 27.1. The summed E-state index contributed by atoms with van der Waals surface area (Å²) in [5, 5.41) is 10.8. The van der Waals surface area contributed by atoms with Crippen molar-refractivity contribution in [3.05, 3.63) is 64.4 Å². The second kappa shape index (κ2) is 7.82. The number of nitrogens with zero attached hydrogens (tertiary/aromatic N) is 1. The number of nitrogens with one attached hydrogen (secondary N) is 4. The molecule has 0 bridgehead atoms. The lowest BCUT2D eigenvalue weighted by atomic mass is 9.75. The monoisotopic (exact) mass is 529 g/mol. The Bertz CT molecular complexity index is 1660. The Hall–Kier alpha value is -4.87. The maximum Gasteiger partial charge on any atom is 0.322 e. The van der Waals surface area contributed by atoms with Crippen molar-refractivity contribution in [2.45, 2.75) is 36.9 Å². The Kier molecular flexibility index (Phi) is 4.66. The van der Waals surface area contributed by atoms with Crippen molar-refractivity contribution in [2.24, 2.45) is 0 Å². The van der Waals surface area contributed by atoms with E-state index in [2.05, 4.69) is 21.3 Å². The van der Waals surface area contributed by atoms with Crippen LogP contribution < -0.4 is 26.0 Å². The Labute approximate surface area is 221 Å². The highest BCUT2D eigenvalue weighted by atomic mass is 16.5. The van der Waals surface area contributed by atoms with E-state index >= 15 is 0 Å². The number of amides is 7. The van der Waals surface area contributed by atoms with Gasteiger partial charge in [0, 0.05) is 17.5 Å². The molecule has 198 valence electrons. The second-order valence-corrected chi connectivity index (χ2v) is 10.3. The van der Waals surface area contributed by atoms with Crippen molar-refractivity contribution in [3.8, 4) is 5.75 Å². The summed E-state index contributed by atoms with van der Waals surface area (Å²) in [4.78, 5) is 65.3. The molecule has 1 aliphatic carbocycles. The van der Waals surface area contributed by atoms with Gasteiger partial charge in [-0.05, 0) is 60.2 Å². The van der Waals surface area contributed by atoms with Crippen LogP contribution in [0.5, 0.6) is 5.75 Å². The molecule has 2 atom stereocenters. The molecule has 3 aromatic rings. The van der Waals surface area contributed by atoms with Crippen molar-refractivity contribution in [3.63, 3.8) is 0 Å². The first-order valence-corrected chi connectivity index (χ1v) is 12.5. The van der Waals surface area contributed by atoms with Crippen LogP contribution in [-0.4, -0.2) is 48.3 Å². The molecular formula is C27H23N5O7. The first kappa shape index (κ1) is 23.3. The quantitative estimate of drug-likeness (QED) is 0.373. The third kappa shape index (κ3) is 3.14. The van der Waals surface area contributed by atoms with E-state index in [-0.39, 0.29) is 24.8 Å². The zero-order valence-corrected chi connectivity index (χ0v) is 20.8. The number of fused-ring (bicyclic) bond motifs is 5. The van der Waals surface area contributed by atoms with Crippen LogP contribution in [0.4, 0.5) is 9.59 Å². The van der Waals surface area contributed by atoms with Gasteiger partial charge in [0.15, 0.2) is 5.54 Å². The van der Waals surface area contributed by atoms with Gasteiger partial charge in [0.25, 0.3) is 17.7 Å². The summed E-state index contributed by atoms with van der Waals surface area (Å²) in [5.74, 6) is -0.636. The van der Waals surface area contributed by atoms with Crippen LogP contribution in [-0.2, 0) is 33.6 Å². The van der Waals surface area contributed by atoms with E-state index in [9.17, 15) is 24.0 Å². The number of ether oxygens (including phenoxy) is 1. The van der Waals surface area contributed by atoms with Gasteiger partial charge in [-0.1, -0.05) is 12.1 Å². The summed E-state index contributed by atoms with van der Waals surface area (Å²) in [6.07, 6.45) is 1.73. The highest BCUT2D eigenvalue weighted by Crippen LogP contribution is 2.43. The van der Waals surface area contributed by atoms with Crippen molar-refractivity contribution in [1.82, 2.24) is 26.2 Å². The summed E-state index contributed by atoms with van der Waals surface area (Å²) >= 11 is 0. The van der Waals surface area contributed by atoms with Crippen LogP contribution in [0.1, 0.15) is 45.7 Å². The highest BCUT2D eigenvalue weighted by Gasteiger charge is 2.54. The number of benzene rings is 2. The summed E-state index contributed by atoms with van der Waals surface area (Å²) in [6, 6.07) is 9.10. The van der Waals surface area contributed by atoms with Gasteiger partial charge in [0.2, 0.25) is 0 Å². The van der Waals surface area contributed by atoms with Gasteiger partial charge in [0.1, 0.15) is 22.6 Å². The van der Waals surface area contributed by atoms with Gasteiger partial charge in [-0.3, -0.25) is 25.0 Å². The summed E-state index contributed by atoms with van der Waals surface area (Å²) in [5.41, 5.74) is 0.363. The highest BCUT2D eigenvalue weighted by molar-refractivity contribution is 6.09. The molecule has 4 heterocycles. The minimum atomic E-state index is -1.67. The SMILES string of the molecule is COc1ccc2c(c1)C(=O)N(CC1(c3cc4c5c(ccc4o3)C3(CCC5)NC(=O)NC3=O)NC(=O)NC1=O)C2. The summed E-state index contributed by atoms with van der Waals surface area (Å²) in [6.45, 7) is 0.0842. The normalized spacial score (nSPS) is 25.5. The number of hydrogen-bond donors (Lipinski definition) is 4. The number of urea groups is 2. The molecule has 0 radical (unpaired) electrons. The molecule has 1 aromatic heterocycles. The van der Waals surface area contributed by atoms with E-state index in [4.69, 9.17) is 9.15 Å². The number of methoxy groups -OCH3 is 1. The van der Waals surface area contributed by atoms with Crippen molar-refractivity contribution >= 4 is 40.8 Å². The van der Waals surface area contributed by atoms with Crippen molar-refractivity contribution in [2.75, 3.05) is 13.7 Å². The number of rotatable bonds is 4. The van der Waals surface area contributed by atoms with Crippen LogP contribution in [0, 0.1) is 0 Å². The number of imide groups is 2. The molecular weight excluding hydrogens is 506 g/mol.